The van der Waals surface area contributed by atoms with E-state index in [1.54, 1.807) is 6.92 Å². The average molecular weight is 551 g/mol. The first-order valence-electron chi connectivity index (χ1n) is 12.9. The maximum absolute atomic E-state index is 12.8. The Morgan fingerprint density at radius 1 is 0.821 bits per heavy atom. The number of anilines is 2. The van der Waals surface area contributed by atoms with Crippen LogP contribution in [0.25, 0.3) is 0 Å². The number of halogens is 1. The van der Waals surface area contributed by atoms with E-state index in [1.807, 2.05) is 76.7 Å². The quantitative estimate of drug-likeness (QED) is 0.252. The van der Waals surface area contributed by atoms with Gasteiger partial charge in [-0.1, -0.05) is 98.2 Å². The van der Waals surface area contributed by atoms with Crippen molar-refractivity contribution in [3.05, 3.63) is 130 Å². The fourth-order valence-corrected chi connectivity index (χ4v) is 6.47. The lowest BCUT2D eigenvalue weighted by atomic mass is 9.92. The fraction of sp³-hybridized carbons (Fsp3) is 0.156. The largest absolute Gasteiger partial charge is 0.292 e. The second-order valence-corrected chi connectivity index (χ2v) is 11.5. The molecule has 194 valence electrons. The molecule has 0 fully saturated rings. The van der Waals surface area contributed by atoms with Gasteiger partial charge < -0.3 is 0 Å². The van der Waals surface area contributed by atoms with E-state index in [-0.39, 0.29) is 5.78 Å². The molecule has 0 aromatic heterocycles. The molecule has 1 unspecified atom stereocenters. The van der Waals surface area contributed by atoms with Crippen molar-refractivity contribution in [2.24, 2.45) is 10.2 Å². The maximum atomic E-state index is 12.8. The number of para-hydroxylation sites is 1. The van der Waals surface area contributed by atoms with E-state index >= 15 is 0 Å². The van der Waals surface area contributed by atoms with Crippen LogP contribution in [0.3, 0.4) is 0 Å². The minimum absolute atomic E-state index is 0.103. The predicted octanol–water partition coefficient (Wildman–Crippen LogP) is 8.00. The van der Waals surface area contributed by atoms with Crippen LogP contribution in [-0.4, -0.2) is 16.5 Å². The number of thioether (sulfide) groups is 1. The number of Topliss-reactive ketones (excluding diaryl/α,β-unsaturated/α-hetero) is 1. The number of hydrogen-bond acceptors (Lipinski definition) is 6. The Morgan fingerprint density at radius 2 is 1.49 bits per heavy atom. The highest BCUT2D eigenvalue weighted by molar-refractivity contribution is 8.17. The molecule has 2 aliphatic heterocycles. The summed E-state index contributed by atoms with van der Waals surface area (Å²) in [7, 11) is 0. The Morgan fingerprint density at radius 3 is 2.18 bits per heavy atom. The second-order valence-electron chi connectivity index (χ2n) is 9.88. The van der Waals surface area contributed by atoms with Crippen LogP contribution in [0.15, 0.2) is 113 Å². The summed E-state index contributed by atoms with van der Waals surface area (Å²) in [6.45, 7) is 5.93. The smallest absolute Gasteiger partial charge is 0.234 e. The standard InChI is InChI=1S/C32H27ClN4OS/c1-21(2)23-16-18-24(19-17-23)30-28-14-7-8-15-29(28)32(36(34-30)26-11-5-4-6-12-26)37(35-31(39-32)22(3)38)27-13-9-10-25(33)20-27/h4-21H,1-3H3. The number of fused-ring (bicyclic) bond motifs is 2. The topological polar surface area (TPSA) is 48.3 Å². The van der Waals surface area contributed by atoms with Gasteiger partial charge in [0.1, 0.15) is 0 Å². The predicted molar refractivity (Wildman–Crippen MR) is 163 cm³/mol. The molecule has 0 N–H and O–H groups in total. The van der Waals surface area contributed by atoms with Crippen LogP contribution in [0, 0.1) is 0 Å². The van der Waals surface area contributed by atoms with E-state index in [4.69, 9.17) is 21.8 Å². The third-order valence-corrected chi connectivity index (χ3v) is 8.59. The summed E-state index contributed by atoms with van der Waals surface area (Å²) in [5.41, 5.74) is 6.77. The molecular formula is C32H27ClN4OS. The third kappa shape index (κ3) is 4.34. The number of hydrogen-bond donors (Lipinski definition) is 0. The van der Waals surface area contributed by atoms with Gasteiger partial charge in [0.25, 0.3) is 0 Å². The van der Waals surface area contributed by atoms with Gasteiger partial charge in [0.05, 0.1) is 17.1 Å². The Balaban J connectivity index is 1.63. The first-order chi connectivity index (χ1) is 18.9. The molecule has 0 bridgehead atoms. The second kappa shape index (κ2) is 10.0. The van der Waals surface area contributed by atoms with Crippen LogP contribution in [0.5, 0.6) is 0 Å². The van der Waals surface area contributed by atoms with Gasteiger partial charge in [-0.05, 0) is 53.6 Å². The molecule has 0 saturated heterocycles. The molecule has 5 nitrogen and oxygen atoms in total. The lowest BCUT2D eigenvalue weighted by Gasteiger charge is -2.47. The zero-order valence-electron chi connectivity index (χ0n) is 21.9. The van der Waals surface area contributed by atoms with Gasteiger partial charge >= 0.3 is 0 Å². The van der Waals surface area contributed by atoms with Crippen molar-refractivity contribution < 1.29 is 4.79 Å². The van der Waals surface area contributed by atoms with Gasteiger partial charge in [0, 0.05) is 28.6 Å². The monoisotopic (exact) mass is 550 g/mol. The van der Waals surface area contributed by atoms with Crippen LogP contribution in [0.4, 0.5) is 11.4 Å². The lowest BCUT2D eigenvalue weighted by molar-refractivity contribution is -0.110. The highest BCUT2D eigenvalue weighted by Gasteiger charge is 2.55. The SMILES string of the molecule is CC(=O)C1=NN(c2cccc(Cl)c2)C2(S1)c1ccccc1C(c1ccc(C(C)C)cc1)=NN2c1ccccc1. The molecule has 7 heteroatoms. The summed E-state index contributed by atoms with van der Waals surface area (Å²) >= 11 is 7.85. The number of ketones is 1. The molecular weight excluding hydrogens is 524 g/mol. The normalized spacial score (nSPS) is 18.3. The number of carbonyl (C=O) groups excluding carboxylic acids is 1. The molecule has 4 aromatic rings. The third-order valence-electron chi connectivity index (χ3n) is 6.94. The fourth-order valence-electron chi connectivity index (χ4n) is 4.99. The van der Waals surface area contributed by atoms with Crippen molar-refractivity contribution in [2.45, 2.75) is 31.7 Å². The molecule has 0 radical (unpaired) electrons. The van der Waals surface area contributed by atoms with Crippen molar-refractivity contribution in [2.75, 3.05) is 10.0 Å². The molecule has 1 atom stereocenters. The summed E-state index contributed by atoms with van der Waals surface area (Å²) in [6, 6.07) is 34.4. The number of hydrazone groups is 2. The first-order valence-corrected chi connectivity index (χ1v) is 14.1. The van der Waals surface area contributed by atoms with Crippen molar-refractivity contribution in [3.8, 4) is 0 Å². The van der Waals surface area contributed by atoms with Crippen LogP contribution in [0.2, 0.25) is 5.02 Å². The minimum atomic E-state index is -0.995. The van der Waals surface area contributed by atoms with Gasteiger partial charge in [-0.2, -0.15) is 10.2 Å². The van der Waals surface area contributed by atoms with E-state index in [1.165, 1.54) is 17.3 Å². The molecule has 2 heterocycles. The summed E-state index contributed by atoms with van der Waals surface area (Å²) in [5, 5.41) is 15.1. The highest BCUT2D eigenvalue weighted by Crippen LogP contribution is 2.55. The average Bonchev–Trinajstić information content (AvgIpc) is 3.35. The molecule has 4 aromatic carbocycles. The number of nitrogens with zero attached hydrogens (tertiary/aromatic N) is 4. The van der Waals surface area contributed by atoms with Gasteiger partial charge in [0.15, 0.2) is 10.8 Å². The van der Waals surface area contributed by atoms with E-state index < -0.39 is 4.99 Å². The summed E-state index contributed by atoms with van der Waals surface area (Å²) in [5.74, 6) is 0.334. The van der Waals surface area contributed by atoms with Crippen LogP contribution >= 0.6 is 23.4 Å². The van der Waals surface area contributed by atoms with Crippen molar-refractivity contribution in [3.63, 3.8) is 0 Å². The van der Waals surface area contributed by atoms with E-state index in [0.717, 1.165) is 33.8 Å². The van der Waals surface area contributed by atoms with Gasteiger partial charge in [0.2, 0.25) is 4.99 Å². The number of carbonyl (C=O) groups is 1. The van der Waals surface area contributed by atoms with Crippen molar-refractivity contribution in [1.82, 2.24) is 0 Å². The molecule has 0 aliphatic carbocycles. The van der Waals surface area contributed by atoms with Crippen LogP contribution in [-0.2, 0) is 9.79 Å². The molecule has 6 rings (SSSR count). The zero-order chi connectivity index (χ0) is 27.1. The number of rotatable bonds is 5. The Bertz CT molecular complexity index is 1620. The van der Waals surface area contributed by atoms with E-state index in [0.29, 0.717) is 16.0 Å². The summed E-state index contributed by atoms with van der Waals surface area (Å²) < 4.78 is 0. The van der Waals surface area contributed by atoms with Crippen molar-refractivity contribution >= 4 is 51.3 Å². The zero-order valence-corrected chi connectivity index (χ0v) is 23.4. The van der Waals surface area contributed by atoms with Crippen LogP contribution in [0.1, 0.15) is 48.9 Å². The molecule has 39 heavy (non-hydrogen) atoms. The van der Waals surface area contributed by atoms with Crippen molar-refractivity contribution in [1.29, 1.82) is 0 Å². The molecule has 2 aliphatic rings. The summed E-state index contributed by atoms with van der Waals surface area (Å²) in [6.07, 6.45) is 0. The number of benzene rings is 4. The molecule has 0 amide bonds. The Hall–Kier alpha value is -3.87. The Labute approximate surface area is 237 Å². The lowest BCUT2D eigenvalue weighted by Crippen LogP contribution is -2.54. The van der Waals surface area contributed by atoms with E-state index in [9.17, 15) is 4.79 Å². The molecule has 0 saturated carbocycles. The molecule has 1 spiro atoms. The summed E-state index contributed by atoms with van der Waals surface area (Å²) in [4.78, 5) is 11.8. The highest BCUT2D eigenvalue weighted by atomic mass is 35.5. The van der Waals surface area contributed by atoms with Gasteiger partial charge in [-0.25, -0.2) is 10.0 Å². The van der Waals surface area contributed by atoms with Gasteiger partial charge in [-0.3, -0.25) is 4.79 Å². The maximum Gasteiger partial charge on any atom is 0.234 e. The van der Waals surface area contributed by atoms with Crippen LogP contribution < -0.4 is 10.0 Å². The van der Waals surface area contributed by atoms with Gasteiger partial charge in [-0.15, -0.1) is 0 Å². The van der Waals surface area contributed by atoms with E-state index in [2.05, 4.69) is 50.2 Å². The Kier molecular flexibility index (Phi) is 6.53. The minimum Gasteiger partial charge on any atom is -0.292 e. The first kappa shape index (κ1) is 25.4.